The van der Waals surface area contributed by atoms with Crippen LogP contribution in [0, 0.1) is 0 Å². The first-order chi connectivity index (χ1) is 6.84. The zero-order chi connectivity index (χ0) is 12.1. The lowest BCUT2D eigenvalue weighted by Crippen LogP contribution is -2.34. The molecule has 1 atom stereocenters. The molecule has 0 aromatic carbocycles. The van der Waals surface area contributed by atoms with Crippen LogP contribution in [0.2, 0.25) is 0 Å². The number of carboxylic acid groups (broad SMARTS) is 1. The second kappa shape index (κ2) is 6.30. The Balaban J connectivity index is 4.82. The first kappa shape index (κ1) is 14.7. The average Bonchev–Trinajstić information content (AvgIpc) is 2.09. The molecule has 0 aliphatic carbocycles. The van der Waals surface area contributed by atoms with Gasteiger partial charge in [-0.15, -0.1) is 10.7 Å². The summed E-state index contributed by atoms with van der Waals surface area (Å²) in [6.45, 7) is 4.95. The minimum Gasteiger partial charge on any atom is -0.480 e. The lowest BCUT2D eigenvalue weighted by Gasteiger charge is -2.26. The predicted octanol–water partition coefficient (Wildman–Crippen LogP) is 1.08. The van der Waals surface area contributed by atoms with Crippen LogP contribution in [0.25, 0.3) is 0 Å². The van der Waals surface area contributed by atoms with Crippen LogP contribution in [-0.2, 0) is 9.36 Å². The van der Waals surface area contributed by atoms with Crippen molar-refractivity contribution in [1.29, 1.82) is 0 Å². The molecule has 0 aromatic rings. The molecule has 6 nitrogen and oxygen atoms in total. The molecule has 1 unspecified atom stereocenters. The molecule has 8 heteroatoms. The molecule has 3 N–H and O–H groups in total. The number of carbonyl (C=O) groups is 1. The summed E-state index contributed by atoms with van der Waals surface area (Å²) in [7, 11) is -4.56. The van der Waals surface area contributed by atoms with Gasteiger partial charge in [-0.1, -0.05) is 24.9 Å². The van der Waals surface area contributed by atoms with E-state index < -0.39 is 19.8 Å². The van der Waals surface area contributed by atoms with Gasteiger partial charge >= 0.3 is 13.7 Å². The normalized spacial score (nSPS) is 13.9. The highest BCUT2D eigenvalue weighted by Crippen LogP contribution is 2.47. The molecule has 0 amide bonds. The zero-order valence-electron chi connectivity index (χ0n) is 8.24. The smallest absolute Gasteiger partial charge is 0.413 e. The molecule has 0 spiro atoms. The lowest BCUT2D eigenvalue weighted by atomic mass is 10.2. The van der Waals surface area contributed by atoms with E-state index in [0.29, 0.717) is 4.08 Å². The maximum atomic E-state index is 11.0. The van der Waals surface area contributed by atoms with E-state index in [0.717, 1.165) is 11.9 Å². The van der Waals surface area contributed by atoms with Crippen LogP contribution in [0.15, 0.2) is 12.7 Å². The lowest BCUT2D eigenvalue weighted by molar-refractivity contribution is -0.140. The number of aliphatic carboxylic acids is 1. The van der Waals surface area contributed by atoms with Crippen molar-refractivity contribution in [2.24, 2.45) is 0 Å². The SMILES string of the molecule is C=CCSN(C(CC)C(=O)O)P(=O)(O)O. The van der Waals surface area contributed by atoms with Crippen molar-refractivity contribution >= 4 is 25.7 Å². The third-order valence-corrected chi connectivity index (χ3v) is 4.20. The molecule has 0 aliphatic rings. The maximum Gasteiger partial charge on any atom is 0.413 e. The minimum absolute atomic E-state index is 0.116. The van der Waals surface area contributed by atoms with E-state index in [4.69, 9.17) is 14.9 Å². The molecule has 0 aliphatic heterocycles. The molecule has 0 radical (unpaired) electrons. The molecule has 0 aromatic heterocycles. The van der Waals surface area contributed by atoms with Crippen molar-refractivity contribution in [1.82, 2.24) is 4.08 Å². The van der Waals surface area contributed by atoms with Crippen LogP contribution in [0.3, 0.4) is 0 Å². The summed E-state index contributed by atoms with van der Waals surface area (Å²) in [5.74, 6) is -1.01. The fourth-order valence-electron chi connectivity index (χ4n) is 0.901. The molecular formula is C7H14NO5PS. The summed E-state index contributed by atoms with van der Waals surface area (Å²) in [6, 6.07) is -1.20. The van der Waals surface area contributed by atoms with Crippen molar-refractivity contribution < 1.29 is 24.3 Å². The van der Waals surface area contributed by atoms with Gasteiger partial charge in [-0.2, -0.15) is 0 Å². The molecule has 0 saturated carbocycles. The third-order valence-electron chi connectivity index (χ3n) is 1.52. The minimum atomic E-state index is -4.56. The first-order valence-electron chi connectivity index (χ1n) is 4.16. The zero-order valence-corrected chi connectivity index (χ0v) is 9.95. The first-order valence-corrected chi connectivity index (χ1v) is 6.67. The molecule has 0 bridgehead atoms. The summed E-state index contributed by atoms with van der Waals surface area (Å²) in [5, 5.41) is 8.78. The van der Waals surface area contributed by atoms with E-state index in [1.54, 1.807) is 6.92 Å². The van der Waals surface area contributed by atoms with E-state index >= 15 is 0 Å². The van der Waals surface area contributed by atoms with Gasteiger partial charge in [-0.3, -0.25) is 4.79 Å². The van der Waals surface area contributed by atoms with Crippen LogP contribution < -0.4 is 0 Å². The number of carboxylic acids is 1. The van der Waals surface area contributed by atoms with Gasteiger partial charge in [0.2, 0.25) is 0 Å². The summed E-state index contributed by atoms with van der Waals surface area (Å²) >= 11 is 0.761. The Morgan fingerprint density at radius 1 is 1.67 bits per heavy atom. The summed E-state index contributed by atoms with van der Waals surface area (Å²) < 4.78 is 11.7. The number of nitrogens with zero attached hydrogens (tertiary/aromatic N) is 1. The Morgan fingerprint density at radius 3 is 2.47 bits per heavy atom. The molecule has 0 fully saturated rings. The van der Waals surface area contributed by atoms with E-state index in [1.165, 1.54) is 6.08 Å². The second-order valence-corrected chi connectivity index (χ2v) is 5.38. The summed E-state index contributed by atoms with van der Waals surface area (Å²) in [5.41, 5.74) is 0. The van der Waals surface area contributed by atoms with Crippen LogP contribution in [0.4, 0.5) is 0 Å². The van der Waals surface area contributed by atoms with Crippen LogP contribution >= 0.6 is 19.7 Å². The van der Waals surface area contributed by atoms with Crippen molar-refractivity contribution in [3.8, 4) is 0 Å². The monoisotopic (exact) mass is 255 g/mol. The highest BCUT2D eigenvalue weighted by Gasteiger charge is 2.36. The Hall–Kier alpha value is -0.330. The quantitative estimate of drug-likeness (QED) is 0.355. The highest BCUT2D eigenvalue weighted by molar-refractivity contribution is 8.01. The number of hydrogen-bond donors (Lipinski definition) is 3. The molecule has 0 heterocycles. The third kappa shape index (κ3) is 4.81. The van der Waals surface area contributed by atoms with E-state index in [9.17, 15) is 9.36 Å². The summed E-state index contributed by atoms with van der Waals surface area (Å²) in [6.07, 6.45) is 1.56. The van der Waals surface area contributed by atoms with Gasteiger partial charge in [0.15, 0.2) is 0 Å². The second-order valence-electron chi connectivity index (χ2n) is 2.66. The van der Waals surface area contributed by atoms with Gasteiger partial charge in [0.25, 0.3) is 0 Å². The molecule has 0 rings (SSSR count). The standard InChI is InChI=1S/C7H14NO5PS/c1-3-5-15-8(14(11,12)13)6(4-2)7(9)10/h3,6H,1,4-5H2,2H3,(H,9,10)(H2,11,12,13). The number of hydrogen-bond acceptors (Lipinski definition) is 3. The maximum absolute atomic E-state index is 11.0. The van der Waals surface area contributed by atoms with Gasteiger partial charge in [-0.25, -0.2) is 4.57 Å². The fourth-order valence-corrected chi connectivity index (χ4v) is 3.01. The van der Waals surface area contributed by atoms with Crippen LogP contribution in [0.5, 0.6) is 0 Å². The molecule has 88 valence electrons. The van der Waals surface area contributed by atoms with Gasteiger partial charge in [0, 0.05) is 5.75 Å². The van der Waals surface area contributed by atoms with Crippen LogP contribution in [0.1, 0.15) is 13.3 Å². The topological polar surface area (TPSA) is 98.1 Å². The molecular weight excluding hydrogens is 241 g/mol. The Kier molecular flexibility index (Phi) is 6.16. The fraction of sp³-hybridized carbons (Fsp3) is 0.571. The highest BCUT2D eigenvalue weighted by atomic mass is 32.2. The van der Waals surface area contributed by atoms with Gasteiger partial charge in [0.1, 0.15) is 6.04 Å². The van der Waals surface area contributed by atoms with Crippen LogP contribution in [-0.4, -0.2) is 36.7 Å². The average molecular weight is 255 g/mol. The predicted molar refractivity (Wildman–Crippen MR) is 58.3 cm³/mol. The number of rotatable bonds is 7. The van der Waals surface area contributed by atoms with E-state index in [-0.39, 0.29) is 12.2 Å². The molecule has 0 saturated heterocycles. The summed E-state index contributed by atoms with van der Waals surface area (Å²) in [4.78, 5) is 28.7. The van der Waals surface area contributed by atoms with Crippen molar-refractivity contribution in [2.75, 3.05) is 5.75 Å². The van der Waals surface area contributed by atoms with Crippen molar-refractivity contribution in [3.63, 3.8) is 0 Å². The van der Waals surface area contributed by atoms with Gasteiger partial charge in [-0.05, 0) is 6.42 Å². The largest absolute Gasteiger partial charge is 0.480 e. The van der Waals surface area contributed by atoms with Crippen molar-refractivity contribution in [2.45, 2.75) is 19.4 Å². The van der Waals surface area contributed by atoms with Gasteiger partial charge in [0.05, 0.1) is 0 Å². The molecule has 15 heavy (non-hydrogen) atoms. The van der Waals surface area contributed by atoms with E-state index in [2.05, 4.69) is 6.58 Å². The van der Waals surface area contributed by atoms with Gasteiger partial charge < -0.3 is 14.9 Å². The van der Waals surface area contributed by atoms with Crippen molar-refractivity contribution in [3.05, 3.63) is 12.7 Å². The Labute approximate surface area is 92.3 Å². The Bertz CT molecular complexity index is 279. The van der Waals surface area contributed by atoms with E-state index in [1.807, 2.05) is 0 Å². The Morgan fingerprint density at radius 2 is 2.20 bits per heavy atom.